The SMILES string of the molecule is C[C@@H](C(=O)O[C@@H]1O[C@H](C(=O)OCc2ccccc2)[C@@H](O)[C@H](O)[C@H]1O)c1ccccc1. The molecule has 6 atom stereocenters. The van der Waals surface area contributed by atoms with Crippen LogP contribution in [0.2, 0.25) is 0 Å². The van der Waals surface area contributed by atoms with Crippen molar-refractivity contribution in [2.75, 3.05) is 0 Å². The van der Waals surface area contributed by atoms with Crippen LogP contribution in [0.25, 0.3) is 0 Å². The fraction of sp³-hybridized carbons (Fsp3) is 0.364. The van der Waals surface area contributed by atoms with Gasteiger partial charge < -0.3 is 29.5 Å². The number of esters is 2. The van der Waals surface area contributed by atoms with Crippen LogP contribution < -0.4 is 0 Å². The molecule has 0 spiro atoms. The van der Waals surface area contributed by atoms with Crippen LogP contribution >= 0.6 is 0 Å². The summed E-state index contributed by atoms with van der Waals surface area (Å²) in [6.45, 7) is 1.55. The maximum Gasteiger partial charge on any atom is 0.338 e. The van der Waals surface area contributed by atoms with Crippen molar-refractivity contribution < 1.29 is 39.1 Å². The quantitative estimate of drug-likeness (QED) is 0.594. The van der Waals surface area contributed by atoms with Crippen molar-refractivity contribution in [2.45, 2.75) is 50.2 Å². The Bertz CT molecular complexity index is 841. The molecule has 0 aromatic heterocycles. The average Bonchev–Trinajstić information content (AvgIpc) is 2.78. The van der Waals surface area contributed by atoms with Crippen molar-refractivity contribution in [3.05, 3.63) is 71.8 Å². The van der Waals surface area contributed by atoms with Crippen molar-refractivity contribution >= 4 is 11.9 Å². The monoisotopic (exact) mass is 416 g/mol. The van der Waals surface area contributed by atoms with E-state index in [1.54, 1.807) is 61.5 Å². The van der Waals surface area contributed by atoms with Gasteiger partial charge in [-0.1, -0.05) is 60.7 Å². The van der Waals surface area contributed by atoms with Gasteiger partial charge in [-0.15, -0.1) is 0 Å². The van der Waals surface area contributed by atoms with E-state index in [-0.39, 0.29) is 6.61 Å². The Kier molecular flexibility index (Phi) is 7.17. The first kappa shape index (κ1) is 21.9. The molecule has 2 aromatic carbocycles. The van der Waals surface area contributed by atoms with Gasteiger partial charge in [-0.25, -0.2) is 4.79 Å². The number of carbonyl (C=O) groups is 2. The number of rotatable bonds is 6. The highest BCUT2D eigenvalue weighted by Crippen LogP contribution is 2.26. The first-order valence-electron chi connectivity index (χ1n) is 9.54. The molecule has 1 saturated heterocycles. The molecule has 0 unspecified atom stereocenters. The summed E-state index contributed by atoms with van der Waals surface area (Å²) in [6, 6.07) is 17.7. The molecule has 1 heterocycles. The van der Waals surface area contributed by atoms with Gasteiger partial charge in [0.05, 0.1) is 5.92 Å². The molecule has 2 aromatic rings. The van der Waals surface area contributed by atoms with E-state index in [1.165, 1.54) is 0 Å². The maximum absolute atomic E-state index is 12.5. The minimum absolute atomic E-state index is 0.0690. The highest BCUT2D eigenvalue weighted by atomic mass is 16.7. The Morgan fingerprint density at radius 1 is 0.933 bits per heavy atom. The van der Waals surface area contributed by atoms with Crippen LogP contribution in [0.5, 0.6) is 0 Å². The summed E-state index contributed by atoms with van der Waals surface area (Å²) in [4.78, 5) is 24.8. The van der Waals surface area contributed by atoms with E-state index < -0.39 is 48.6 Å². The summed E-state index contributed by atoms with van der Waals surface area (Å²) in [6.07, 6.45) is -8.51. The molecule has 3 N–H and O–H groups in total. The molecule has 8 heteroatoms. The zero-order valence-corrected chi connectivity index (χ0v) is 16.3. The molecule has 0 saturated carbocycles. The summed E-state index contributed by atoms with van der Waals surface area (Å²) >= 11 is 0. The summed E-state index contributed by atoms with van der Waals surface area (Å²) in [5.41, 5.74) is 1.41. The van der Waals surface area contributed by atoms with Crippen LogP contribution in [-0.4, -0.2) is 58.0 Å². The van der Waals surface area contributed by atoms with Gasteiger partial charge in [0.25, 0.3) is 0 Å². The molecule has 0 bridgehead atoms. The van der Waals surface area contributed by atoms with E-state index in [2.05, 4.69) is 0 Å². The van der Waals surface area contributed by atoms with Crippen molar-refractivity contribution in [2.24, 2.45) is 0 Å². The summed E-state index contributed by atoms with van der Waals surface area (Å²) in [7, 11) is 0. The molecule has 0 aliphatic carbocycles. The average molecular weight is 416 g/mol. The molecular weight excluding hydrogens is 392 g/mol. The first-order chi connectivity index (χ1) is 14.4. The Labute approximate surface area is 173 Å². The van der Waals surface area contributed by atoms with E-state index in [1.807, 2.05) is 6.07 Å². The molecule has 0 radical (unpaired) electrons. The first-order valence-corrected chi connectivity index (χ1v) is 9.54. The van der Waals surface area contributed by atoms with Crippen LogP contribution in [0, 0.1) is 0 Å². The molecule has 30 heavy (non-hydrogen) atoms. The predicted molar refractivity (Wildman–Crippen MR) is 104 cm³/mol. The number of aliphatic hydroxyl groups is 3. The van der Waals surface area contributed by atoms with Crippen LogP contribution in [0.15, 0.2) is 60.7 Å². The molecule has 1 aliphatic heterocycles. The molecule has 160 valence electrons. The van der Waals surface area contributed by atoms with Gasteiger partial charge in [0.15, 0.2) is 6.10 Å². The van der Waals surface area contributed by atoms with Gasteiger partial charge in [-0.2, -0.15) is 0 Å². The lowest BCUT2D eigenvalue weighted by Crippen LogP contribution is -2.61. The van der Waals surface area contributed by atoms with Crippen molar-refractivity contribution in [3.8, 4) is 0 Å². The number of hydrogen-bond donors (Lipinski definition) is 3. The van der Waals surface area contributed by atoms with Crippen LogP contribution in [0.4, 0.5) is 0 Å². The van der Waals surface area contributed by atoms with E-state index in [9.17, 15) is 24.9 Å². The minimum Gasteiger partial charge on any atom is -0.459 e. The van der Waals surface area contributed by atoms with Crippen molar-refractivity contribution in [1.29, 1.82) is 0 Å². The third kappa shape index (κ3) is 5.03. The minimum atomic E-state index is -1.77. The molecule has 8 nitrogen and oxygen atoms in total. The predicted octanol–water partition coefficient (Wildman–Crippen LogP) is 0.884. The normalized spacial score (nSPS) is 27.1. The number of aliphatic hydroxyl groups excluding tert-OH is 3. The Hall–Kier alpha value is -2.78. The van der Waals surface area contributed by atoms with Gasteiger partial charge >= 0.3 is 11.9 Å². The highest BCUT2D eigenvalue weighted by molar-refractivity contribution is 5.78. The second-order valence-corrected chi connectivity index (χ2v) is 7.06. The van der Waals surface area contributed by atoms with Gasteiger partial charge in [0.2, 0.25) is 6.29 Å². The lowest BCUT2D eigenvalue weighted by atomic mass is 9.98. The fourth-order valence-corrected chi connectivity index (χ4v) is 3.05. The maximum atomic E-state index is 12.5. The number of ether oxygens (including phenoxy) is 3. The molecule has 0 amide bonds. The van der Waals surface area contributed by atoms with Gasteiger partial charge in [-0.3, -0.25) is 4.79 Å². The van der Waals surface area contributed by atoms with E-state index in [0.717, 1.165) is 5.56 Å². The van der Waals surface area contributed by atoms with Crippen LogP contribution in [0.1, 0.15) is 24.0 Å². The van der Waals surface area contributed by atoms with Crippen molar-refractivity contribution in [1.82, 2.24) is 0 Å². The zero-order valence-electron chi connectivity index (χ0n) is 16.3. The number of benzene rings is 2. The van der Waals surface area contributed by atoms with E-state index in [4.69, 9.17) is 14.2 Å². The molecule has 3 rings (SSSR count). The third-order valence-corrected chi connectivity index (χ3v) is 4.91. The number of carbonyl (C=O) groups excluding carboxylic acids is 2. The van der Waals surface area contributed by atoms with E-state index in [0.29, 0.717) is 5.56 Å². The van der Waals surface area contributed by atoms with Crippen molar-refractivity contribution in [3.63, 3.8) is 0 Å². The smallest absolute Gasteiger partial charge is 0.338 e. The molecular formula is C22H24O8. The Morgan fingerprint density at radius 3 is 2.17 bits per heavy atom. The van der Waals surface area contributed by atoms with Gasteiger partial charge in [0.1, 0.15) is 24.9 Å². The Balaban J connectivity index is 1.65. The largest absolute Gasteiger partial charge is 0.459 e. The summed E-state index contributed by atoms with van der Waals surface area (Å²) in [5, 5.41) is 30.4. The molecule has 1 aliphatic rings. The second kappa shape index (κ2) is 9.82. The fourth-order valence-electron chi connectivity index (χ4n) is 3.05. The van der Waals surface area contributed by atoms with Crippen LogP contribution in [-0.2, 0) is 30.4 Å². The van der Waals surface area contributed by atoms with E-state index >= 15 is 0 Å². The van der Waals surface area contributed by atoms with Crippen LogP contribution in [0.3, 0.4) is 0 Å². The third-order valence-electron chi connectivity index (χ3n) is 4.91. The lowest BCUT2D eigenvalue weighted by molar-refractivity contribution is -0.288. The summed E-state index contributed by atoms with van der Waals surface area (Å²) in [5.74, 6) is -2.34. The Morgan fingerprint density at radius 2 is 1.53 bits per heavy atom. The second-order valence-electron chi connectivity index (χ2n) is 7.06. The topological polar surface area (TPSA) is 123 Å². The highest BCUT2D eigenvalue weighted by Gasteiger charge is 2.49. The van der Waals surface area contributed by atoms with Gasteiger partial charge in [0, 0.05) is 0 Å². The lowest BCUT2D eigenvalue weighted by Gasteiger charge is -2.38. The summed E-state index contributed by atoms with van der Waals surface area (Å²) < 4.78 is 15.6. The standard InChI is InChI=1S/C22H24O8/c1-13(15-10-6-3-7-11-15)20(26)30-22-18(25)16(23)17(24)19(29-22)21(27)28-12-14-8-4-2-5-9-14/h2-11,13,16-19,22-25H,12H2,1H3/t13-,16+,17+,18-,19+,22+/m1/s1. The molecule has 1 fully saturated rings. The number of hydrogen-bond acceptors (Lipinski definition) is 8. The van der Waals surface area contributed by atoms with Gasteiger partial charge in [-0.05, 0) is 18.1 Å². The zero-order chi connectivity index (χ0) is 21.7.